The third-order valence-corrected chi connectivity index (χ3v) is 5.54. The number of nitrogens with zero attached hydrogens (tertiary/aromatic N) is 2. The molecule has 0 saturated carbocycles. The van der Waals surface area contributed by atoms with Gasteiger partial charge in [0.25, 0.3) is 5.56 Å². The zero-order chi connectivity index (χ0) is 21.8. The van der Waals surface area contributed by atoms with Crippen LogP contribution in [0.25, 0.3) is 0 Å². The fraction of sp³-hybridized carbons (Fsp3) is 0.375. The molecule has 1 amide bonds. The van der Waals surface area contributed by atoms with Gasteiger partial charge in [0.15, 0.2) is 0 Å². The van der Waals surface area contributed by atoms with Crippen LogP contribution in [-0.2, 0) is 24.3 Å². The van der Waals surface area contributed by atoms with Crippen molar-refractivity contribution < 1.29 is 4.79 Å². The summed E-state index contributed by atoms with van der Waals surface area (Å²) in [6, 6.07) is 10.4. The van der Waals surface area contributed by atoms with Crippen LogP contribution in [0.1, 0.15) is 51.3 Å². The van der Waals surface area contributed by atoms with E-state index >= 15 is 0 Å². The van der Waals surface area contributed by atoms with Crippen LogP contribution in [-0.4, -0.2) is 20.7 Å². The number of H-pyrrole nitrogens is 1. The van der Waals surface area contributed by atoms with Crippen molar-refractivity contribution in [2.75, 3.05) is 0 Å². The second kappa shape index (κ2) is 9.11. The molecule has 0 fully saturated rings. The highest BCUT2D eigenvalue weighted by Gasteiger charge is 2.14. The van der Waals surface area contributed by atoms with Crippen molar-refractivity contribution in [1.29, 1.82) is 0 Å². The van der Waals surface area contributed by atoms with E-state index < -0.39 is 0 Å². The Morgan fingerprint density at radius 1 is 1.07 bits per heavy atom. The van der Waals surface area contributed by atoms with Crippen molar-refractivity contribution in [3.8, 4) is 0 Å². The number of nitrogens with one attached hydrogen (secondary N) is 2. The molecule has 3 aromatic rings. The molecule has 0 unspecified atom stereocenters. The van der Waals surface area contributed by atoms with Crippen LogP contribution in [0.3, 0.4) is 0 Å². The summed E-state index contributed by atoms with van der Waals surface area (Å²) in [6.45, 7) is 10.8. The maximum atomic E-state index is 12.4. The number of aromatic nitrogens is 3. The first kappa shape index (κ1) is 21.6. The molecule has 0 aliphatic heterocycles. The molecule has 2 heterocycles. The Balaban J connectivity index is 1.60. The molecule has 6 nitrogen and oxygen atoms in total. The Morgan fingerprint density at radius 2 is 1.77 bits per heavy atom. The molecule has 3 rings (SSSR count). The molecule has 0 radical (unpaired) electrons. The van der Waals surface area contributed by atoms with E-state index in [-0.39, 0.29) is 18.0 Å². The first-order valence-electron chi connectivity index (χ1n) is 10.3. The van der Waals surface area contributed by atoms with E-state index in [2.05, 4.69) is 53.5 Å². The van der Waals surface area contributed by atoms with Crippen LogP contribution in [0.2, 0.25) is 0 Å². The zero-order valence-electron chi connectivity index (χ0n) is 18.4. The summed E-state index contributed by atoms with van der Waals surface area (Å²) in [7, 11) is 0. The number of pyridine rings is 1. The lowest BCUT2D eigenvalue weighted by molar-refractivity contribution is -0.121. The fourth-order valence-electron chi connectivity index (χ4n) is 3.73. The highest BCUT2D eigenvalue weighted by molar-refractivity contribution is 5.76. The smallest absolute Gasteiger partial charge is 0.253 e. The minimum atomic E-state index is -0.142. The first-order valence-corrected chi connectivity index (χ1v) is 10.3. The van der Waals surface area contributed by atoms with Gasteiger partial charge >= 0.3 is 0 Å². The first-order chi connectivity index (χ1) is 14.2. The molecular formula is C24H30N4O2. The second-order valence-electron chi connectivity index (χ2n) is 8.01. The Labute approximate surface area is 177 Å². The van der Waals surface area contributed by atoms with Gasteiger partial charge in [-0.3, -0.25) is 14.3 Å². The van der Waals surface area contributed by atoms with Crippen molar-refractivity contribution >= 4 is 5.91 Å². The van der Waals surface area contributed by atoms with Crippen molar-refractivity contribution in [2.45, 2.75) is 60.5 Å². The van der Waals surface area contributed by atoms with Gasteiger partial charge in [-0.2, -0.15) is 5.10 Å². The molecule has 158 valence electrons. The van der Waals surface area contributed by atoms with Gasteiger partial charge in [0.1, 0.15) is 0 Å². The predicted octanol–water partition coefficient (Wildman–Crippen LogP) is 3.41. The van der Waals surface area contributed by atoms with Crippen molar-refractivity contribution in [3.63, 3.8) is 0 Å². The monoisotopic (exact) mass is 406 g/mol. The molecule has 2 N–H and O–H groups in total. The number of aryl methyl sites for hydroxylation is 4. The fourth-order valence-corrected chi connectivity index (χ4v) is 3.73. The summed E-state index contributed by atoms with van der Waals surface area (Å²) >= 11 is 0. The van der Waals surface area contributed by atoms with Crippen molar-refractivity contribution in [2.24, 2.45) is 0 Å². The lowest BCUT2D eigenvalue weighted by atomic mass is 10.1. The standard InChI is InChI=1S/C24H30N4O2/c1-15-6-8-20(9-7-15)14-28-19(5)21(18(4)27-28)10-11-23(29)25-13-22-16(2)12-17(3)26-24(22)30/h6-9,12H,10-11,13-14H2,1-5H3,(H,25,29)(H,26,30). The molecule has 2 aromatic heterocycles. The summed E-state index contributed by atoms with van der Waals surface area (Å²) in [5.74, 6) is -0.0699. The molecule has 0 bridgehead atoms. The minimum Gasteiger partial charge on any atom is -0.352 e. The summed E-state index contributed by atoms with van der Waals surface area (Å²) in [4.78, 5) is 27.3. The molecule has 0 aliphatic rings. The van der Waals surface area contributed by atoms with Gasteiger partial charge in [-0.1, -0.05) is 29.8 Å². The van der Waals surface area contributed by atoms with Gasteiger partial charge in [-0.25, -0.2) is 0 Å². The Bertz CT molecular complexity index is 1110. The Hall–Kier alpha value is -3.15. The average Bonchev–Trinajstić information content (AvgIpc) is 2.94. The van der Waals surface area contributed by atoms with E-state index in [9.17, 15) is 9.59 Å². The maximum Gasteiger partial charge on any atom is 0.253 e. The Morgan fingerprint density at radius 3 is 2.43 bits per heavy atom. The topological polar surface area (TPSA) is 79.8 Å². The van der Waals surface area contributed by atoms with Gasteiger partial charge in [0.05, 0.1) is 12.2 Å². The van der Waals surface area contributed by atoms with Crippen molar-refractivity contribution in [1.82, 2.24) is 20.1 Å². The number of aromatic amines is 1. The van der Waals surface area contributed by atoms with E-state index in [1.165, 1.54) is 11.1 Å². The SMILES string of the molecule is Cc1ccc(Cn2nc(C)c(CCC(=O)NCc3c(C)cc(C)[nH]c3=O)c2C)cc1. The second-order valence-corrected chi connectivity index (χ2v) is 8.01. The lowest BCUT2D eigenvalue weighted by Crippen LogP contribution is -2.28. The van der Waals surface area contributed by atoms with E-state index in [4.69, 9.17) is 0 Å². The summed E-state index contributed by atoms with van der Waals surface area (Å²) in [5.41, 5.74) is 7.77. The van der Waals surface area contributed by atoms with Crippen molar-refractivity contribution in [3.05, 3.63) is 85.6 Å². The average molecular weight is 407 g/mol. The van der Waals surface area contributed by atoms with Crippen LogP contribution < -0.4 is 10.9 Å². The quantitative estimate of drug-likeness (QED) is 0.631. The predicted molar refractivity (Wildman–Crippen MR) is 119 cm³/mol. The van der Waals surface area contributed by atoms with E-state index in [0.717, 1.165) is 28.2 Å². The van der Waals surface area contributed by atoms with Gasteiger partial charge in [-0.15, -0.1) is 0 Å². The van der Waals surface area contributed by atoms with Crippen LogP contribution in [0.15, 0.2) is 35.1 Å². The minimum absolute atomic E-state index is 0.0699. The maximum absolute atomic E-state index is 12.4. The van der Waals surface area contributed by atoms with E-state index in [1.54, 1.807) is 0 Å². The van der Waals surface area contributed by atoms with Crippen LogP contribution in [0.4, 0.5) is 0 Å². The number of rotatable bonds is 7. The lowest BCUT2D eigenvalue weighted by Gasteiger charge is -2.09. The molecule has 6 heteroatoms. The number of carbonyl (C=O) groups excluding carboxylic acids is 1. The molecular weight excluding hydrogens is 376 g/mol. The number of hydrogen-bond donors (Lipinski definition) is 2. The van der Waals surface area contributed by atoms with Crippen LogP contribution in [0, 0.1) is 34.6 Å². The number of amides is 1. The summed E-state index contributed by atoms with van der Waals surface area (Å²) < 4.78 is 2.00. The van der Waals surface area contributed by atoms with Gasteiger partial charge in [0, 0.05) is 29.9 Å². The summed E-state index contributed by atoms with van der Waals surface area (Å²) in [5, 5.41) is 7.55. The largest absolute Gasteiger partial charge is 0.352 e. The third-order valence-electron chi connectivity index (χ3n) is 5.54. The van der Waals surface area contributed by atoms with E-state index in [1.807, 2.05) is 31.5 Å². The van der Waals surface area contributed by atoms with E-state index in [0.29, 0.717) is 24.9 Å². The van der Waals surface area contributed by atoms with Crippen LogP contribution in [0.5, 0.6) is 0 Å². The molecule has 0 aliphatic carbocycles. The Kier molecular flexibility index (Phi) is 6.55. The highest BCUT2D eigenvalue weighted by Crippen LogP contribution is 2.17. The third kappa shape index (κ3) is 5.06. The number of hydrogen-bond acceptors (Lipinski definition) is 3. The number of carbonyl (C=O) groups is 1. The molecule has 0 atom stereocenters. The normalized spacial score (nSPS) is 11.0. The number of benzene rings is 1. The molecule has 30 heavy (non-hydrogen) atoms. The zero-order valence-corrected chi connectivity index (χ0v) is 18.4. The molecule has 0 spiro atoms. The van der Waals surface area contributed by atoms with Gasteiger partial charge < -0.3 is 10.3 Å². The molecule has 1 aromatic carbocycles. The molecule has 0 saturated heterocycles. The van der Waals surface area contributed by atoms with Gasteiger partial charge in [0.2, 0.25) is 5.91 Å². The van der Waals surface area contributed by atoms with Gasteiger partial charge in [-0.05, 0) is 63.8 Å². The highest BCUT2D eigenvalue weighted by atomic mass is 16.1. The summed E-state index contributed by atoms with van der Waals surface area (Å²) in [6.07, 6.45) is 0.987. The van der Waals surface area contributed by atoms with Crippen LogP contribution >= 0.6 is 0 Å².